The largest absolute Gasteiger partial charge is 0.145 e. The molecule has 0 aliphatic carbocycles. The Morgan fingerprint density at radius 3 is 1.65 bits per heavy atom. The first-order valence-corrected chi connectivity index (χ1v) is 9.62. The topological polar surface area (TPSA) is 0 Å². The van der Waals surface area contributed by atoms with Crippen molar-refractivity contribution in [3.8, 4) is 11.5 Å². The highest BCUT2D eigenvalue weighted by Gasteiger charge is 2.41. The molecule has 0 heterocycles. The minimum absolute atomic E-state index is 0.765. The SMILES string of the molecule is CCCCCC#C[Si](C(C)C)(C(C)C)C(C)C. The summed E-state index contributed by atoms with van der Waals surface area (Å²) in [7, 11) is -1.45. The summed E-state index contributed by atoms with van der Waals surface area (Å²) in [5, 5.41) is 0. The number of hydrogen-bond acceptors (Lipinski definition) is 0. The minimum atomic E-state index is -1.45. The van der Waals surface area contributed by atoms with Crippen molar-refractivity contribution in [2.24, 2.45) is 0 Å². The molecule has 0 aromatic rings. The maximum atomic E-state index is 3.78. The molecular weight excluding hydrogens is 220 g/mol. The van der Waals surface area contributed by atoms with Crippen molar-refractivity contribution in [2.75, 3.05) is 0 Å². The molecule has 0 N–H and O–H groups in total. The van der Waals surface area contributed by atoms with E-state index in [2.05, 4.69) is 59.9 Å². The van der Waals surface area contributed by atoms with Crippen LogP contribution in [-0.2, 0) is 0 Å². The van der Waals surface area contributed by atoms with Crippen molar-refractivity contribution < 1.29 is 0 Å². The third kappa shape index (κ3) is 4.51. The van der Waals surface area contributed by atoms with Crippen LogP contribution in [0.4, 0.5) is 0 Å². The molecule has 0 saturated heterocycles. The molecule has 0 amide bonds. The highest BCUT2D eigenvalue weighted by molar-refractivity contribution is 6.90. The Balaban J connectivity index is 4.80. The van der Waals surface area contributed by atoms with Gasteiger partial charge in [-0.1, -0.05) is 61.3 Å². The van der Waals surface area contributed by atoms with E-state index in [9.17, 15) is 0 Å². The zero-order valence-electron chi connectivity index (χ0n) is 13.1. The van der Waals surface area contributed by atoms with Gasteiger partial charge in [0.2, 0.25) is 0 Å². The van der Waals surface area contributed by atoms with Crippen LogP contribution in [0.25, 0.3) is 0 Å². The standard InChI is InChI=1S/C16H32Si/c1-8-9-10-11-12-13-17(14(2)3,15(4)5)16(6)7/h14-16H,8-11H2,1-7H3. The van der Waals surface area contributed by atoms with E-state index >= 15 is 0 Å². The second-order valence-electron chi connectivity index (χ2n) is 6.16. The molecule has 0 aromatic heterocycles. The zero-order chi connectivity index (χ0) is 13.5. The van der Waals surface area contributed by atoms with E-state index in [1.165, 1.54) is 19.3 Å². The Hall–Kier alpha value is -0.223. The fourth-order valence-electron chi connectivity index (χ4n) is 3.11. The van der Waals surface area contributed by atoms with Gasteiger partial charge in [-0.25, -0.2) is 0 Å². The monoisotopic (exact) mass is 252 g/mol. The average Bonchev–Trinajstić information content (AvgIpc) is 2.21. The lowest BCUT2D eigenvalue weighted by molar-refractivity contribution is 0.737. The molecule has 17 heavy (non-hydrogen) atoms. The molecule has 0 atom stereocenters. The molecule has 0 nitrogen and oxygen atoms in total. The second-order valence-corrected chi connectivity index (χ2v) is 11.7. The maximum Gasteiger partial charge on any atom is 0.145 e. The summed E-state index contributed by atoms with van der Waals surface area (Å²) >= 11 is 0. The van der Waals surface area contributed by atoms with Crippen molar-refractivity contribution in [3.63, 3.8) is 0 Å². The molecule has 0 unspecified atom stereocenters. The number of unbranched alkanes of at least 4 members (excludes halogenated alkanes) is 3. The van der Waals surface area contributed by atoms with Gasteiger partial charge in [0.25, 0.3) is 0 Å². The van der Waals surface area contributed by atoms with Gasteiger partial charge >= 0.3 is 0 Å². The van der Waals surface area contributed by atoms with Gasteiger partial charge in [-0.3, -0.25) is 0 Å². The molecule has 100 valence electrons. The minimum Gasteiger partial charge on any atom is -0.130 e. The van der Waals surface area contributed by atoms with Crippen molar-refractivity contribution in [1.29, 1.82) is 0 Å². The van der Waals surface area contributed by atoms with Crippen molar-refractivity contribution >= 4 is 8.07 Å². The summed E-state index contributed by atoms with van der Waals surface area (Å²) in [5.41, 5.74) is 6.07. The van der Waals surface area contributed by atoms with Gasteiger partial charge in [-0.15, -0.1) is 11.5 Å². The molecule has 0 fully saturated rings. The fourth-order valence-corrected chi connectivity index (χ4v) is 8.41. The van der Waals surface area contributed by atoms with Gasteiger partial charge in [0.1, 0.15) is 8.07 Å². The van der Waals surface area contributed by atoms with Gasteiger partial charge in [0.05, 0.1) is 0 Å². The molecule has 0 radical (unpaired) electrons. The van der Waals surface area contributed by atoms with Crippen LogP contribution >= 0.6 is 0 Å². The summed E-state index contributed by atoms with van der Waals surface area (Å²) in [4.78, 5) is 0. The van der Waals surface area contributed by atoms with Crippen molar-refractivity contribution in [3.05, 3.63) is 0 Å². The van der Waals surface area contributed by atoms with Crippen LogP contribution in [0, 0.1) is 11.5 Å². The Kier molecular flexibility index (Phi) is 7.88. The van der Waals surface area contributed by atoms with Crippen LogP contribution in [0.2, 0.25) is 16.6 Å². The first-order chi connectivity index (χ1) is 7.89. The molecule has 1 heteroatoms. The van der Waals surface area contributed by atoms with Crippen molar-refractivity contribution in [2.45, 2.75) is 90.8 Å². The third-order valence-electron chi connectivity index (χ3n) is 4.08. The smallest absolute Gasteiger partial charge is 0.130 e. The average molecular weight is 253 g/mol. The fraction of sp³-hybridized carbons (Fsp3) is 0.875. The Bertz CT molecular complexity index is 231. The van der Waals surface area contributed by atoms with E-state index < -0.39 is 8.07 Å². The van der Waals surface area contributed by atoms with Gasteiger partial charge < -0.3 is 0 Å². The van der Waals surface area contributed by atoms with Gasteiger partial charge in [-0.05, 0) is 23.0 Å². The highest BCUT2D eigenvalue weighted by atomic mass is 28.3. The lowest BCUT2D eigenvalue weighted by Gasteiger charge is -2.38. The summed E-state index contributed by atoms with van der Waals surface area (Å²) in [6.45, 7) is 16.5. The molecule has 0 aliphatic rings. The van der Waals surface area contributed by atoms with Crippen LogP contribution in [0.1, 0.15) is 74.1 Å². The normalized spacial score (nSPS) is 12.1. The van der Waals surface area contributed by atoms with E-state index in [0.29, 0.717) is 0 Å². The third-order valence-corrected chi connectivity index (χ3v) is 10.4. The van der Waals surface area contributed by atoms with Crippen LogP contribution in [0.5, 0.6) is 0 Å². The van der Waals surface area contributed by atoms with Crippen LogP contribution in [0.3, 0.4) is 0 Å². The van der Waals surface area contributed by atoms with Crippen molar-refractivity contribution in [1.82, 2.24) is 0 Å². The Morgan fingerprint density at radius 2 is 1.29 bits per heavy atom. The quantitative estimate of drug-likeness (QED) is 0.319. The molecule has 0 aromatic carbocycles. The molecule has 0 spiro atoms. The molecule has 0 saturated carbocycles. The van der Waals surface area contributed by atoms with Gasteiger partial charge in [-0.2, -0.15) is 0 Å². The van der Waals surface area contributed by atoms with E-state index in [1.807, 2.05) is 0 Å². The maximum absolute atomic E-state index is 3.78. The molecule has 0 bridgehead atoms. The molecular formula is C16H32Si. The number of hydrogen-bond donors (Lipinski definition) is 0. The van der Waals surface area contributed by atoms with Gasteiger partial charge in [0, 0.05) is 6.42 Å². The van der Waals surface area contributed by atoms with Crippen LogP contribution in [-0.4, -0.2) is 8.07 Å². The predicted molar refractivity (Wildman–Crippen MR) is 83.0 cm³/mol. The van der Waals surface area contributed by atoms with E-state index in [0.717, 1.165) is 23.0 Å². The highest BCUT2D eigenvalue weighted by Crippen LogP contribution is 2.40. The Labute approximate surface area is 111 Å². The first-order valence-electron chi connectivity index (χ1n) is 7.39. The lowest BCUT2D eigenvalue weighted by atomic mass is 10.2. The predicted octanol–water partition coefficient (Wildman–Crippen LogP) is 5.79. The zero-order valence-corrected chi connectivity index (χ0v) is 14.1. The summed E-state index contributed by atoms with van der Waals surface area (Å²) in [6, 6.07) is 0. The summed E-state index contributed by atoms with van der Waals surface area (Å²) in [5.74, 6) is 3.52. The van der Waals surface area contributed by atoms with E-state index in [4.69, 9.17) is 0 Å². The summed E-state index contributed by atoms with van der Waals surface area (Å²) in [6.07, 6.45) is 5.01. The van der Waals surface area contributed by atoms with E-state index in [-0.39, 0.29) is 0 Å². The van der Waals surface area contributed by atoms with Crippen LogP contribution < -0.4 is 0 Å². The second kappa shape index (κ2) is 7.98. The lowest BCUT2D eigenvalue weighted by Crippen LogP contribution is -2.43. The molecule has 0 rings (SSSR count). The molecule has 0 aliphatic heterocycles. The van der Waals surface area contributed by atoms with Gasteiger partial charge in [0.15, 0.2) is 0 Å². The van der Waals surface area contributed by atoms with Crippen LogP contribution in [0.15, 0.2) is 0 Å². The van der Waals surface area contributed by atoms with E-state index in [1.54, 1.807) is 0 Å². The Morgan fingerprint density at radius 1 is 0.824 bits per heavy atom. The number of rotatable bonds is 6. The summed E-state index contributed by atoms with van der Waals surface area (Å²) < 4.78 is 0. The first kappa shape index (κ1) is 16.8.